The predicted molar refractivity (Wildman–Crippen MR) is 82.5 cm³/mol. The molecule has 8 heteroatoms. The molecule has 0 spiro atoms. The van der Waals surface area contributed by atoms with Crippen LogP contribution in [0.25, 0.3) is 0 Å². The first-order chi connectivity index (χ1) is 9.29. The Kier molecular flexibility index (Phi) is 4.17. The third kappa shape index (κ3) is 3.20. The van der Waals surface area contributed by atoms with E-state index < -0.39 is 15.9 Å². The minimum atomic E-state index is -3.70. The Morgan fingerprint density at radius 1 is 1.35 bits per heavy atom. The van der Waals surface area contributed by atoms with Gasteiger partial charge in [-0.3, -0.25) is 9.52 Å². The normalized spacial score (nSPS) is 11.3. The zero-order valence-corrected chi connectivity index (χ0v) is 13.6. The third-order valence-electron chi connectivity index (χ3n) is 2.51. The van der Waals surface area contributed by atoms with Gasteiger partial charge in [-0.25, -0.2) is 8.42 Å². The minimum absolute atomic E-state index is 0.137. The Labute approximate surface area is 129 Å². The molecule has 1 aromatic heterocycles. The van der Waals surface area contributed by atoms with E-state index in [-0.39, 0.29) is 4.90 Å². The van der Waals surface area contributed by atoms with Crippen LogP contribution in [0.2, 0.25) is 0 Å². The molecular formula is C12H11BrN2O3S2. The Morgan fingerprint density at radius 2 is 2.05 bits per heavy atom. The van der Waals surface area contributed by atoms with Crippen LogP contribution in [0.1, 0.15) is 14.5 Å². The Bertz CT molecular complexity index is 769. The predicted octanol–water partition coefficient (Wildman–Crippen LogP) is 2.72. The smallest absolute Gasteiger partial charge is 0.261 e. The van der Waals surface area contributed by atoms with Gasteiger partial charge in [0.15, 0.2) is 0 Å². The van der Waals surface area contributed by atoms with Crippen molar-refractivity contribution in [2.75, 3.05) is 4.72 Å². The van der Waals surface area contributed by atoms with E-state index in [4.69, 9.17) is 5.73 Å². The Hall–Kier alpha value is -1.38. The van der Waals surface area contributed by atoms with E-state index in [9.17, 15) is 13.2 Å². The molecule has 0 aliphatic heterocycles. The van der Waals surface area contributed by atoms with Crippen molar-refractivity contribution in [3.8, 4) is 0 Å². The molecule has 0 aliphatic carbocycles. The van der Waals surface area contributed by atoms with Crippen molar-refractivity contribution >= 4 is 48.9 Å². The van der Waals surface area contributed by atoms with Gasteiger partial charge in [-0.2, -0.15) is 0 Å². The molecule has 1 heterocycles. The molecule has 0 unspecified atom stereocenters. The number of sulfonamides is 1. The van der Waals surface area contributed by atoms with Gasteiger partial charge in [0.1, 0.15) is 0 Å². The second-order valence-electron chi connectivity index (χ2n) is 4.01. The summed E-state index contributed by atoms with van der Waals surface area (Å²) >= 11 is 4.38. The lowest BCUT2D eigenvalue weighted by Crippen LogP contribution is -2.13. The van der Waals surface area contributed by atoms with Gasteiger partial charge >= 0.3 is 0 Å². The van der Waals surface area contributed by atoms with E-state index in [0.717, 1.165) is 11.3 Å². The van der Waals surface area contributed by atoms with Crippen molar-refractivity contribution in [3.63, 3.8) is 0 Å². The number of carbonyl (C=O) groups is 1. The third-order valence-corrected chi connectivity index (χ3v) is 5.43. The van der Waals surface area contributed by atoms with Gasteiger partial charge in [-0.1, -0.05) is 22.0 Å². The van der Waals surface area contributed by atoms with E-state index in [1.165, 1.54) is 18.2 Å². The maximum Gasteiger partial charge on any atom is 0.261 e. The summed E-state index contributed by atoms with van der Waals surface area (Å²) in [7, 11) is -3.70. The fourth-order valence-electron chi connectivity index (χ4n) is 1.54. The number of aryl methyl sites for hydroxylation is 1. The Balaban J connectivity index is 2.36. The molecule has 106 valence electrons. The lowest BCUT2D eigenvalue weighted by atomic mass is 10.4. The van der Waals surface area contributed by atoms with E-state index in [1.807, 2.05) is 0 Å². The molecule has 2 rings (SSSR count). The van der Waals surface area contributed by atoms with Crippen LogP contribution in [0, 0.1) is 6.92 Å². The van der Waals surface area contributed by atoms with Crippen LogP contribution in [-0.2, 0) is 10.0 Å². The zero-order chi connectivity index (χ0) is 14.9. The van der Waals surface area contributed by atoms with Crippen LogP contribution < -0.4 is 10.5 Å². The SMILES string of the molecule is Cc1sc(C(N)=O)cc1NS(=O)(=O)c1cccc(Br)c1. The molecule has 5 nitrogen and oxygen atoms in total. The maximum atomic E-state index is 12.2. The summed E-state index contributed by atoms with van der Waals surface area (Å²) in [4.78, 5) is 12.2. The number of primary amides is 1. The second kappa shape index (κ2) is 5.55. The van der Waals surface area contributed by atoms with E-state index in [1.54, 1.807) is 19.1 Å². The molecule has 0 saturated carbocycles. The molecule has 1 aromatic carbocycles. The van der Waals surface area contributed by atoms with Crippen molar-refractivity contribution < 1.29 is 13.2 Å². The first-order valence-electron chi connectivity index (χ1n) is 5.48. The first kappa shape index (κ1) is 15.0. The number of amides is 1. The number of benzene rings is 1. The molecule has 1 amide bonds. The monoisotopic (exact) mass is 374 g/mol. The minimum Gasteiger partial charge on any atom is -0.365 e. The highest BCUT2D eigenvalue weighted by molar-refractivity contribution is 9.10. The summed E-state index contributed by atoms with van der Waals surface area (Å²) in [6.07, 6.45) is 0. The van der Waals surface area contributed by atoms with Gasteiger partial charge in [0.05, 0.1) is 15.5 Å². The summed E-state index contributed by atoms with van der Waals surface area (Å²) < 4.78 is 27.6. The number of halogens is 1. The molecule has 0 saturated heterocycles. The largest absolute Gasteiger partial charge is 0.365 e. The van der Waals surface area contributed by atoms with Gasteiger partial charge in [0, 0.05) is 9.35 Å². The number of rotatable bonds is 4. The van der Waals surface area contributed by atoms with Crippen LogP contribution in [-0.4, -0.2) is 14.3 Å². The van der Waals surface area contributed by atoms with Gasteiger partial charge in [-0.15, -0.1) is 11.3 Å². The topological polar surface area (TPSA) is 89.3 Å². The maximum absolute atomic E-state index is 12.2. The number of nitrogens with two attached hydrogens (primary N) is 1. The quantitative estimate of drug-likeness (QED) is 0.861. The number of carbonyl (C=O) groups excluding carboxylic acids is 1. The summed E-state index contributed by atoms with van der Waals surface area (Å²) in [6, 6.07) is 7.80. The van der Waals surface area contributed by atoms with Gasteiger partial charge in [0.25, 0.3) is 15.9 Å². The molecule has 0 atom stereocenters. The molecular weight excluding hydrogens is 364 g/mol. The fraction of sp³-hybridized carbons (Fsp3) is 0.0833. The molecule has 20 heavy (non-hydrogen) atoms. The van der Waals surface area contributed by atoms with Crippen molar-refractivity contribution in [1.82, 2.24) is 0 Å². The molecule has 0 fully saturated rings. The average Bonchev–Trinajstić information content (AvgIpc) is 2.70. The highest BCUT2D eigenvalue weighted by Gasteiger charge is 2.18. The number of nitrogens with one attached hydrogen (secondary N) is 1. The van der Waals surface area contributed by atoms with Gasteiger partial charge in [-0.05, 0) is 31.2 Å². The van der Waals surface area contributed by atoms with Crippen LogP contribution >= 0.6 is 27.3 Å². The summed E-state index contributed by atoms with van der Waals surface area (Å²) in [5, 5.41) is 0. The van der Waals surface area contributed by atoms with Gasteiger partial charge < -0.3 is 5.73 Å². The fourth-order valence-corrected chi connectivity index (χ4v) is 4.14. The molecule has 0 radical (unpaired) electrons. The summed E-state index contributed by atoms with van der Waals surface area (Å²) in [5.74, 6) is -0.578. The standard InChI is InChI=1S/C12H11BrN2O3S2/c1-7-10(6-11(19-7)12(14)16)15-20(17,18)9-4-2-3-8(13)5-9/h2-6,15H,1H3,(H2,14,16). The van der Waals surface area contributed by atoms with Gasteiger partial charge in [0.2, 0.25) is 0 Å². The van der Waals surface area contributed by atoms with Crippen molar-refractivity contribution in [1.29, 1.82) is 0 Å². The summed E-state index contributed by atoms with van der Waals surface area (Å²) in [5.41, 5.74) is 5.54. The van der Waals surface area contributed by atoms with Crippen LogP contribution in [0.4, 0.5) is 5.69 Å². The van der Waals surface area contributed by atoms with Crippen molar-refractivity contribution in [3.05, 3.63) is 44.6 Å². The lowest BCUT2D eigenvalue weighted by Gasteiger charge is -2.07. The van der Waals surface area contributed by atoms with E-state index in [2.05, 4.69) is 20.7 Å². The zero-order valence-electron chi connectivity index (χ0n) is 10.4. The summed E-state index contributed by atoms with van der Waals surface area (Å²) in [6.45, 7) is 1.72. The number of anilines is 1. The highest BCUT2D eigenvalue weighted by atomic mass is 79.9. The van der Waals surface area contributed by atoms with Crippen molar-refractivity contribution in [2.24, 2.45) is 5.73 Å². The number of hydrogen-bond acceptors (Lipinski definition) is 4. The first-order valence-corrected chi connectivity index (χ1v) is 8.57. The molecule has 2 aromatic rings. The number of thiophene rings is 1. The molecule has 3 N–H and O–H groups in total. The van der Waals surface area contributed by atoms with E-state index in [0.29, 0.717) is 19.9 Å². The lowest BCUT2D eigenvalue weighted by molar-refractivity contribution is 0.100. The van der Waals surface area contributed by atoms with Crippen molar-refractivity contribution in [2.45, 2.75) is 11.8 Å². The van der Waals surface area contributed by atoms with E-state index >= 15 is 0 Å². The Morgan fingerprint density at radius 3 is 2.60 bits per heavy atom. The average molecular weight is 375 g/mol. The van der Waals surface area contributed by atoms with Crippen LogP contribution in [0.5, 0.6) is 0 Å². The molecule has 0 aliphatic rings. The second-order valence-corrected chi connectivity index (χ2v) is 7.86. The van der Waals surface area contributed by atoms with Crippen LogP contribution in [0.3, 0.4) is 0 Å². The molecule has 0 bridgehead atoms. The van der Waals surface area contributed by atoms with Crippen LogP contribution in [0.15, 0.2) is 39.7 Å². The number of hydrogen-bond donors (Lipinski definition) is 2. The highest BCUT2D eigenvalue weighted by Crippen LogP contribution is 2.28.